The van der Waals surface area contributed by atoms with Gasteiger partial charge >= 0.3 is 5.97 Å². The monoisotopic (exact) mass is 480 g/mol. The highest BCUT2D eigenvalue weighted by Crippen LogP contribution is 2.23. The van der Waals surface area contributed by atoms with Gasteiger partial charge in [0, 0.05) is 15.6 Å². The normalized spacial score (nSPS) is 10.7. The predicted molar refractivity (Wildman–Crippen MR) is 123 cm³/mol. The Hall–Kier alpha value is -3.45. The molecule has 3 aromatic carbocycles. The average Bonchev–Trinajstić information content (AvgIpc) is 2.76. The lowest BCUT2D eigenvalue weighted by molar-refractivity contribution is 0.0734. The molecule has 0 heterocycles. The number of nitrogens with one attached hydrogen (secondary N) is 1. The van der Waals surface area contributed by atoms with E-state index < -0.39 is 5.97 Å². The summed E-state index contributed by atoms with van der Waals surface area (Å²) >= 11 is 3.39. The molecule has 31 heavy (non-hydrogen) atoms. The Balaban J connectivity index is 1.70. The van der Waals surface area contributed by atoms with Gasteiger partial charge in [-0.15, -0.1) is 0 Å². The number of nitrogens with zero attached hydrogens (tertiary/aromatic N) is 1. The second kappa shape index (κ2) is 10.5. The summed E-state index contributed by atoms with van der Waals surface area (Å²) in [5.74, 6) is 0.178. The van der Waals surface area contributed by atoms with Gasteiger partial charge in [-0.3, -0.25) is 4.79 Å². The van der Waals surface area contributed by atoms with Crippen molar-refractivity contribution in [2.45, 2.75) is 13.8 Å². The predicted octanol–water partition coefficient (Wildman–Crippen LogP) is 5.14. The Labute approximate surface area is 189 Å². The fraction of sp³-hybridized carbons (Fsp3) is 0.125. The average molecular weight is 481 g/mol. The van der Waals surface area contributed by atoms with E-state index in [9.17, 15) is 9.59 Å². The molecule has 158 valence electrons. The largest absolute Gasteiger partial charge is 0.494 e. The molecule has 3 aromatic rings. The number of amides is 1. The summed E-state index contributed by atoms with van der Waals surface area (Å²) in [6.07, 6.45) is 1.43. The third kappa shape index (κ3) is 6.26. The highest BCUT2D eigenvalue weighted by Gasteiger charge is 2.12. The third-order valence-electron chi connectivity index (χ3n) is 4.23. The number of halogens is 1. The minimum atomic E-state index is -0.473. The molecular weight excluding hydrogens is 460 g/mol. The summed E-state index contributed by atoms with van der Waals surface area (Å²) < 4.78 is 11.7. The minimum Gasteiger partial charge on any atom is -0.494 e. The number of carbonyl (C=O) groups excluding carboxylic acids is 2. The summed E-state index contributed by atoms with van der Waals surface area (Å²) in [5.41, 5.74) is 4.86. The minimum absolute atomic E-state index is 0.328. The van der Waals surface area contributed by atoms with Gasteiger partial charge in [-0.2, -0.15) is 5.10 Å². The fourth-order valence-electron chi connectivity index (χ4n) is 2.74. The van der Waals surface area contributed by atoms with Crippen LogP contribution in [-0.4, -0.2) is 24.7 Å². The zero-order valence-electron chi connectivity index (χ0n) is 17.1. The van der Waals surface area contributed by atoms with E-state index in [2.05, 4.69) is 26.5 Å². The van der Waals surface area contributed by atoms with Gasteiger partial charge in [0.1, 0.15) is 11.5 Å². The lowest BCUT2D eigenvalue weighted by Gasteiger charge is -2.08. The van der Waals surface area contributed by atoms with Crippen molar-refractivity contribution in [2.24, 2.45) is 5.10 Å². The number of carbonyl (C=O) groups is 2. The molecule has 0 aliphatic carbocycles. The molecule has 1 N–H and O–H groups in total. The number of hydrazone groups is 1. The maximum absolute atomic E-state index is 12.5. The second-order valence-corrected chi connectivity index (χ2v) is 7.51. The lowest BCUT2D eigenvalue weighted by atomic mass is 10.1. The van der Waals surface area contributed by atoms with Crippen LogP contribution in [0.1, 0.15) is 38.8 Å². The molecule has 0 unspecified atom stereocenters. The van der Waals surface area contributed by atoms with Crippen LogP contribution in [0.2, 0.25) is 0 Å². The smallest absolute Gasteiger partial charge is 0.343 e. The quantitative estimate of drug-likeness (QED) is 0.220. The Kier molecular flexibility index (Phi) is 7.56. The van der Waals surface area contributed by atoms with Gasteiger partial charge in [0.05, 0.1) is 18.4 Å². The summed E-state index contributed by atoms with van der Waals surface area (Å²) in [6, 6.07) is 19.1. The first kappa shape index (κ1) is 22.2. The van der Waals surface area contributed by atoms with Crippen molar-refractivity contribution in [1.29, 1.82) is 0 Å². The van der Waals surface area contributed by atoms with Crippen molar-refractivity contribution >= 4 is 34.0 Å². The van der Waals surface area contributed by atoms with Crippen LogP contribution in [0, 0.1) is 6.92 Å². The molecule has 0 aromatic heterocycles. The van der Waals surface area contributed by atoms with Gasteiger partial charge in [0.2, 0.25) is 0 Å². The first-order chi connectivity index (χ1) is 15.0. The van der Waals surface area contributed by atoms with E-state index in [0.29, 0.717) is 34.8 Å². The van der Waals surface area contributed by atoms with Gasteiger partial charge in [-0.25, -0.2) is 10.2 Å². The first-order valence-electron chi connectivity index (χ1n) is 9.61. The molecular formula is C24H21BrN2O4. The van der Waals surface area contributed by atoms with Gasteiger partial charge in [-0.05, 0) is 68.4 Å². The van der Waals surface area contributed by atoms with E-state index in [-0.39, 0.29) is 5.91 Å². The Morgan fingerprint density at radius 3 is 2.52 bits per heavy atom. The number of hydrogen-bond donors (Lipinski definition) is 1. The van der Waals surface area contributed by atoms with E-state index >= 15 is 0 Å². The number of esters is 1. The van der Waals surface area contributed by atoms with Gasteiger partial charge in [0.15, 0.2) is 0 Å². The van der Waals surface area contributed by atoms with E-state index in [1.165, 1.54) is 6.21 Å². The molecule has 0 aliphatic rings. The maximum atomic E-state index is 12.5. The molecule has 6 nitrogen and oxygen atoms in total. The number of hydrogen-bond acceptors (Lipinski definition) is 5. The van der Waals surface area contributed by atoms with Crippen LogP contribution in [0.4, 0.5) is 0 Å². The zero-order valence-corrected chi connectivity index (χ0v) is 18.7. The van der Waals surface area contributed by atoms with E-state index in [1.807, 2.05) is 19.9 Å². The molecule has 0 atom stereocenters. The van der Waals surface area contributed by atoms with Crippen molar-refractivity contribution in [3.05, 3.63) is 93.5 Å². The zero-order chi connectivity index (χ0) is 22.2. The van der Waals surface area contributed by atoms with Gasteiger partial charge in [-0.1, -0.05) is 33.6 Å². The van der Waals surface area contributed by atoms with E-state index in [0.717, 1.165) is 10.0 Å². The molecule has 0 fully saturated rings. The first-order valence-corrected chi connectivity index (χ1v) is 10.4. The molecule has 3 rings (SSSR count). The van der Waals surface area contributed by atoms with Gasteiger partial charge < -0.3 is 9.47 Å². The molecule has 0 saturated carbocycles. The van der Waals surface area contributed by atoms with Crippen molar-refractivity contribution in [1.82, 2.24) is 5.43 Å². The second-order valence-electron chi connectivity index (χ2n) is 6.60. The van der Waals surface area contributed by atoms with E-state index in [4.69, 9.17) is 9.47 Å². The maximum Gasteiger partial charge on any atom is 0.343 e. The molecule has 0 saturated heterocycles. The number of benzene rings is 3. The topological polar surface area (TPSA) is 77.0 Å². The summed E-state index contributed by atoms with van der Waals surface area (Å²) in [6.45, 7) is 4.35. The summed E-state index contributed by atoms with van der Waals surface area (Å²) in [4.78, 5) is 24.8. The number of aryl methyl sites for hydroxylation is 1. The van der Waals surface area contributed by atoms with Crippen LogP contribution >= 0.6 is 15.9 Å². The SMILES string of the molecule is CCOc1ccc(C(=O)N/N=C/c2cc(Br)ccc2OC(=O)c2cccc(C)c2)cc1. The van der Waals surface area contributed by atoms with Crippen LogP contribution < -0.4 is 14.9 Å². The van der Waals surface area contributed by atoms with Crippen LogP contribution in [0.15, 0.2) is 76.3 Å². The third-order valence-corrected chi connectivity index (χ3v) is 4.72. The Bertz CT molecular complexity index is 1110. The molecule has 1 amide bonds. The molecule has 7 heteroatoms. The van der Waals surface area contributed by atoms with Crippen molar-refractivity contribution < 1.29 is 19.1 Å². The molecule has 0 spiro atoms. The van der Waals surface area contributed by atoms with Gasteiger partial charge in [0.25, 0.3) is 5.91 Å². The van der Waals surface area contributed by atoms with Crippen LogP contribution in [0.5, 0.6) is 11.5 Å². The fourth-order valence-corrected chi connectivity index (χ4v) is 3.12. The van der Waals surface area contributed by atoms with Crippen LogP contribution in [0.3, 0.4) is 0 Å². The number of ether oxygens (including phenoxy) is 2. The highest BCUT2D eigenvalue weighted by atomic mass is 79.9. The number of rotatable bonds is 7. The molecule has 0 bridgehead atoms. The lowest BCUT2D eigenvalue weighted by Crippen LogP contribution is -2.17. The summed E-state index contributed by atoms with van der Waals surface area (Å²) in [5, 5.41) is 4.00. The Morgan fingerprint density at radius 1 is 1.03 bits per heavy atom. The summed E-state index contributed by atoms with van der Waals surface area (Å²) in [7, 11) is 0. The molecule has 0 aliphatic heterocycles. The highest BCUT2D eigenvalue weighted by molar-refractivity contribution is 9.10. The van der Waals surface area contributed by atoms with Crippen molar-refractivity contribution in [3.8, 4) is 11.5 Å². The Morgan fingerprint density at radius 2 is 1.81 bits per heavy atom. The van der Waals surface area contributed by atoms with Crippen LogP contribution in [0.25, 0.3) is 0 Å². The van der Waals surface area contributed by atoms with E-state index in [1.54, 1.807) is 60.7 Å². The standard InChI is InChI=1S/C24H21BrN2O4/c1-3-30-21-10-7-17(8-11-21)23(28)27-26-15-19-14-20(25)9-12-22(19)31-24(29)18-6-4-5-16(2)13-18/h4-15H,3H2,1-2H3,(H,27,28)/b26-15+. The van der Waals surface area contributed by atoms with Crippen molar-refractivity contribution in [2.75, 3.05) is 6.61 Å². The molecule has 0 radical (unpaired) electrons. The van der Waals surface area contributed by atoms with Crippen molar-refractivity contribution in [3.63, 3.8) is 0 Å². The van der Waals surface area contributed by atoms with Crippen LogP contribution in [-0.2, 0) is 0 Å².